The van der Waals surface area contributed by atoms with Crippen LogP contribution in [0.5, 0.6) is 0 Å². The van der Waals surface area contributed by atoms with Gasteiger partial charge < -0.3 is 20.1 Å². The van der Waals surface area contributed by atoms with Crippen LogP contribution in [0.4, 0.5) is 4.39 Å². The summed E-state index contributed by atoms with van der Waals surface area (Å²) in [5.41, 5.74) is 2.91. The van der Waals surface area contributed by atoms with Gasteiger partial charge in [0.2, 0.25) is 5.91 Å². The number of hydrogen-bond acceptors (Lipinski definition) is 5. The molecule has 2 aromatic carbocycles. The third-order valence-electron chi connectivity index (χ3n) is 5.16. The molecule has 0 saturated heterocycles. The van der Waals surface area contributed by atoms with E-state index in [1.165, 1.54) is 24.3 Å². The van der Waals surface area contributed by atoms with Gasteiger partial charge in [0.1, 0.15) is 11.9 Å². The predicted octanol–water partition coefficient (Wildman–Crippen LogP) is 2.10. The third kappa shape index (κ3) is 5.47. The molecule has 8 nitrogen and oxygen atoms in total. The zero-order valence-electron chi connectivity index (χ0n) is 17.9. The first kappa shape index (κ1) is 24.1. The Morgan fingerprint density at radius 2 is 1.79 bits per heavy atom. The molecule has 0 aliphatic heterocycles. The van der Waals surface area contributed by atoms with E-state index in [1.807, 2.05) is 0 Å². The summed E-state index contributed by atoms with van der Waals surface area (Å²) in [5, 5.41) is 20.4. The lowest BCUT2D eigenvalue weighted by Gasteiger charge is -2.13. The summed E-state index contributed by atoms with van der Waals surface area (Å²) in [6.07, 6.45) is 0.932. The third-order valence-corrected chi connectivity index (χ3v) is 6.29. The van der Waals surface area contributed by atoms with Crippen LogP contribution in [-0.4, -0.2) is 54.0 Å². The topological polar surface area (TPSA) is 126 Å². The maximum Gasteiger partial charge on any atom is 0.328 e. The fraction of sp³-hybridized carbons (Fsp3) is 0.217. The minimum atomic E-state index is -3.39. The van der Waals surface area contributed by atoms with Crippen LogP contribution in [0.3, 0.4) is 0 Å². The molecule has 174 valence electrons. The van der Waals surface area contributed by atoms with Gasteiger partial charge in [-0.1, -0.05) is 18.2 Å². The molecule has 0 bridgehead atoms. The van der Waals surface area contributed by atoms with Crippen LogP contribution in [0, 0.1) is 12.7 Å². The van der Waals surface area contributed by atoms with Gasteiger partial charge >= 0.3 is 5.97 Å². The van der Waals surface area contributed by atoms with Crippen molar-refractivity contribution in [2.45, 2.75) is 24.3 Å². The number of carboxylic acid groups (broad SMARTS) is 1. The van der Waals surface area contributed by atoms with Crippen molar-refractivity contribution in [3.8, 4) is 16.9 Å². The lowest BCUT2D eigenvalue weighted by Crippen LogP contribution is -2.43. The van der Waals surface area contributed by atoms with Crippen molar-refractivity contribution < 1.29 is 32.6 Å². The highest BCUT2D eigenvalue weighted by Gasteiger charge is 2.22. The highest BCUT2D eigenvalue weighted by atomic mass is 32.2. The van der Waals surface area contributed by atoms with Gasteiger partial charge in [-0.2, -0.15) is 0 Å². The Labute approximate surface area is 190 Å². The zero-order chi connectivity index (χ0) is 24.3. The fourth-order valence-electron chi connectivity index (χ4n) is 3.47. The molecule has 1 heterocycles. The molecule has 1 atom stereocenters. The summed E-state index contributed by atoms with van der Waals surface area (Å²) in [4.78, 5) is 23.7. The van der Waals surface area contributed by atoms with E-state index in [-0.39, 0.29) is 11.3 Å². The highest BCUT2D eigenvalue weighted by Crippen LogP contribution is 2.31. The van der Waals surface area contributed by atoms with Crippen LogP contribution in [0.25, 0.3) is 16.9 Å². The number of aliphatic carboxylic acids is 1. The molecule has 0 fully saturated rings. The molecule has 0 aliphatic rings. The molecular formula is C23H23FN2O6S. The van der Waals surface area contributed by atoms with Gasteiger partial charge in [-0.25, -0.2) is 17.6 Å². The average molecular weight is 475 g/mol. The quantitative estimate of drug-likeness (QED) is 0.459. The van der Waals surface area contributed by atoms with Crippen LogP contribution in [-0.2, 0) is 25.8 Å². The second-order valence-corrected chi connectivity index (χ2v) is 9.59. The number of hydrogen-bond donors (Lipinski definition) is 3. The second kappa shape index (κ2) is 9.55. The van der Waals surface area contributed by atoms with Crippen molar-refractivity contribution in [1.82, 2.24) is 9.88 Å². The lowest BCUT2D eigenvalue weighted by molar-refractivity contribution is -0.142. The molecule has 0 aliphatic carbocycles. The van der Waals surface area contributed by atoms with Gasteiger partial charge in [0, 0.05) is 17.6 Å². The zero-order valence-corrected chi connectivity index (χ0v) is 18.8. The number of carbonyl (C=O) groups excluding carboxylic acids is 1. The number of sulfone groups is 1. The van der Waals surface area contributed by atoms with Crippen molar-refractivity contribution in [1.29, 1.82) is 0 Å². The average Bonchev–Trinajstić information content (AvgIpc) is 3.07. The van der Waals surface area contributed by atoms with Crippen LogP contribution in [0.1, 0.15) is 11.3 Å². The number of nitrogens with zero attached hydrogens (tertiary/aromatic N) is 1. The Morgan fingerprint density at radius 1 is 1.12 bits per heavy atom. The van der Waals surface area contributed by atoms with Crippen molar-refractivity contribution >= 4 is 21.7 Å². The Balaban J connectivity index is 2.07. The number of rotatable bonds is 8. The summed E-state index contributed by atoms with van der Waals surface area (Å²) in [5.74, 6) is -2.41. The van der Waals surface area contributed by atoms with E-state index in [2.05, 4.69) is 5.32 Å². The maximum atomic E-state index is 14.0. The Morgan fingerprint density at radius 3 is 2.33 bits per heavy atom. The Hall–Kier alpha value is -3.50. The van der Waals surface area contributed by atoms with Crippen LogP contribution in [0.15, 0.2) is 59.5 Å². The minimum Gasteiger partial charge on any atom is -0.480 e. The van der Waals surface area contributed by atoms with E-state index in [9.17, 15) is 22.4 Å². The molecule has 3 N–H and O–H groups in total. The number of halogens is 1. The first-order valence-electron chi connectivity index (χ1n) is 9.92. The van der Waals surface area contributed by atoms with Crippen LogP contribution < -0.4 is 5.32 Å². The van der Waals surface area contributed by atoms with Gasteiger partial charge in [-0.3, -0.25) is 4.79 Å². The normalized spacial score (nSPS) is 12.4. The molecule has 10 heteroatoms. The number of benzene rings is 2. The Bertz CT molecular complexity index is 1300. The van der Waals surface area contributed by atoms with Gasteiger partial charge in [-0.05, 0) is 54.4 Å². The number of amides is 1. The molecule has 1 aromatic heterocycles. The van der Waals surface area contributed by atoms with Crippen molar-refractivity contribution in [3.05, 3.63) is 71.7 Å². The van der Waals surface area contributed by atoms with E-state index in [0.29, 0.717) is 28.2 Å². The minimum absolute atomic E-state index is 0.148. The molecule has 0 saturated carbocycles. The smallest absolute Gasteiger partial charge is 0.328 e. The lowest BCUT2D eigenvalue weighted by atomic mass is 10.1. The number of carbonyl (C=O) groups is 2. The summed E-state index contributed by atoms with van der Waals surface area (Å²) >= 11 is 0. The predicted molar refractivity (Wildman–Crippen MR) is 119 cm³/mol. The first-order valence-corrected chi connectivity index (χ1v) is 11.8. The van der Waals surface area contributed by atoms with Gasteiger partial charge in [-0.15, -0.1) is 0 Å². The largest absolute Gasteiger partial charge is 0.480 e. The molecule has 1 amide bonds. The maximum absolute atomic E-state index is 14.0. The number of aliphatic hydroxyl groups excluding tert-OH is 1. The molecule has 3 rings (SSSR count). The van der Waals surface area contributed by atoms with Gasteiger partial charge in [0.25, 0.3) is 0 Å². The van der Waals surface area contributed by atoms with Crippen molar-refractivity contribution in [3.63, 3.8) is 0 Å². The number of carboxylic acids is 1. The molecule has 0 radical (unpaired) electrons. The molecule has 0 spiro atoms. The summed E-state index contributed by atoms with van der Waals surface area (Å²) < 4.78 is 39.3. The Kier molecular flexibility index (Phi) is 6.99. The van der Waals surface area contributed by atoms with E-state index in [4.69, 9.17) is 10.2 Å². The van der Waals surface area contributed by atoms with Gasteiger partial charge in [0.15, 0.2) is 9.84 Å². The van der Waals surface area contributed by atoms with Crippen molar-refractivity contribution in [2.75, 3.05) is 12.9 Å². The SMILES string of the molecule is Cc1c(CC(=O)N[C@@H](CO)C(=O)O)cc(-c2ccc(S(C)(=O)=O)cc2)n1-c1cccc(F)c1. The standard InChI is InChI=1S/C23H23FN2O6S/c1-14-16(11-22(28)25-20(13-27)23(29)30)10-21(26(14)18-5-3-4-17(24)12-18)15-6-8-19(9-7-15)33(2,31)32/h3-10,12,20,27H,11,13H2,1-2H3,(H,25,28)(H,29,30)/t20-/m0/s1. The molecule has 0 unspecified atom stereocenters. The summed E-state index contributed by atoms with van der Waals surface area (Å²) in [6, 6.07) is 12.3. The number of nitrogens with one attached hydrogen (secondary N) is 1. The second-order valence-electron chi connectivity index (χ2n) is 7.57. The summed E-state index contributed by atoms with van der Waals surface area (Å²) in [7, 11) is -3.39. The molecule has 3 aromatic rings. The van der Waals surface area contributed by atoms with Crippen LogP contribution in [0.2, 0.25) is 0 Å². The van der Waals surface area contributed by atoms with Gasteiger partial charge in [0.05, 0.1) is 23.6 Å². The monoisotopic (exact) mass is 474 g/mol. The van der Waals surface area contributed by atoms with Crippen molar-refractivity contribution in [2.24, 2.45) is 0 Å². The van der Waals surface area contributed by atoms with E-state index in [1.54, 1.807) is 41.8 Å². The van der Waals surface area contributed by atoms with E-state index >= 15 is 0 Å². The van der Waals surface area contributed by atoms with E-state index in [0.717, 1.165) is 6.26 Å². The molecular weight excluding hydrogens is 451 g/mol. The fourth-order valence-corrected chi connectivity index (χ4v) is 4.10. The molecule has 33 heavy (non-hydrogen) atoms. The van der Waals surface area contributed by atoms with E-state index < -0.39 is 40.2 Å². The van der Waals surface area contributed by atoms with Crippen LogP contribution >= 0.6 is 0 Å². The highest BCUT2D eigenvalue weighted by molar-refractivity contribution is 7.90. The summed E-state index contributed by atoms with van der Waals surface area (Å²) in [6.45, 7) is 0.991. The first-order chi connectivity index (χ1) is 15.5. The number of aliphatic hydroxyl groups is 1. The number of aromatic nitrogens is 1.